The molecule has 0 saturated carbocycles. The smallest absolute Gasteiger partial charge is 0.263 e. The Balaban J connectivity index is 0.00000208. The molecule has 1 aliphatic rings. The summed E-state index contributed by atoms with van der Waals surface area (Å²) >= 11 is 13.6. The second-order valence-electron chi connectivity index (χ2n) is 5.72. The first-order valence-corrected chi connectivity index (χ1v) is 9.16. The predicted molar refractivity (Wildman–Crippen MR) is 105 cm³/mol. The van der Waals surface area contributed by atoms with E-state index in [4.69, 9.17) is 23.2 Å². The number of nitrogens with one attached hydrogen (secondary N) is 1. The van der Waals surface area contributed by atoms with Gasteiger partial charge in [-0.2, -0.15) is 0 Å². The summed E-state index contributed by atoms with van der Waals surface area (Å²) < 4.78 is 0. The zero-order chi connectivity index (χ0) is 16.4. The molecule has 24 heavy (non-hydrogen) atoms. The van der Waals surface area contributed by atoms with Crippen molar-refractivity contribution in [2.45, 2.75) is 18.9 Å². The number of amides is 1. The number of halogens is 3. The summed E-state index contributed by atoms with van der Waals surface area (Å²) in [6.07, 6.45) is 2.01. The highest BCUT2D eigenvalue weighted by Crippen LogP contribution is 2.33. The van der Waals surface area contributed by atoms with Crippen LogP contribution in [0.1, 0.15) is 22.5 Å². The number of benzene rings is 1. The van der Waals surface area contributed by atoms with E-state index in [1.807, 2.05) is 36.2 Å². The van der Waals surface area contributed by atoms with Gasteiger partial charge in [0.1, 0.15) is 0 Å². The molecule has 1 saturated heterocycles. The number of nitrogens with zero attached hydrogens (tertiary/aromatic N) is 1. The number of hydrogen-bond acceptors (Lipinski definition) is 3. The normalized spacial score (nSPS) is 15.0. The Kier molecular flexibility index (Phi) is 6.96. The lowest BCUT2D eigenvalue weighted by molar-refractivity contribution is 0.0708. The molecule has 0 aliphatic carbocycles. The highest BCUT2D eigenvalue weighted by atomic mass is 35.5. The molecule has 1 aromatic carbocycles. The van der Waals surface area contributed by atoms with Crippen molar-refractivity contribution in [2.75, 3.05) is 20.1 Å². The van der Waals surface area contributed by atoms with Crippen LogP contribution in [0.3, 0.4) is 0 Å². The second-order valence-corrected chi connectivity index (χ2v) is 7.68. The number of carbonyl (C=O) groups excluding carboxylic acids is 1. The van der Waals surface area contributed by atoms with Crippen molar-refractivity contribution in [3.8, 4) is 10.4 Å². The van der Waals surface area contributed by atoms with Gasteiger partial charge < -0.3 is 10.2 Å². The Morgan fingerprint density at radius 3 is 2.42 bits per heavy atom. The highest BCUT2D eigenvalue weighted by Gasteiger charge is 2.24. The number of thiophene rings is 1. The monoisotopic (exact) mass is 404 g/mol. The van der Waals surface area contributed by atoms with Crippen molar-refractivity contribution in [1.82, 2.24) is 10.2 Å². The average Bonchev–Trinajstić information content (AvgIpc) is 3.03. The standard InChI is InChI=1S/C17H18Cl2N2OS.ClH/c1-21(14-4-6-20-7-5-14)17(22)16-3-2-15(23-16)11-8-12(18)10-13(19)9-11;/h2-3,8-10,14,20H,4-7H2,1H3;1H. The SMILES string of the molecule is CN(C(=O)c1ccc(-c2cc(Cl)cc(Cl)c2)s1)C1CCNCC1.Cl. The zero-order valence-corrected chi connectivity index (χ0v) is 16.4. The second kappa shape index (κ2) is 8.54. The topological polar surface area (TPSA) is 32.3 Å². The van der Waals surface area contributed by atoms with E-state index in [9.17, 15) is 4.79 Å². The first kappa shape index (κ1) is 19.5. The van der Waals surface area contributed by atoms with Crippen molar-refractivity contribution in [3.63, 3.8) is 0 Å². The highest BCUT2D eigenvalue weighted by molar-refractivity contribution is 7.17. The van der Waals surface area contributed by atoms with Gasteiger partial charge in [0, 0.05) is 28.0 Å². The minimum atomic E-state index is 0. The average molecular weight is 406 g/mol. The van der Waals surface area contributed by atoms with Gasteiger partial charge in [-0.3, -0.25) is 4.79 Å². The van der Waals surface area contributed by atoms with Crippen LogP contribution in [-0.2, 0) is 0 Å². The summed E-state index contributed by atoms with van der Waals surface area (Å²) in [4.78, 5) is 16.3. The molecule has 2 aromatic rings. The fourth-order valence-corrected chi connectivity index (χ4v) is 4.34. The predicted octanol–water partition coefficient (Wildman–Crippen LogP) is 4.97. The molecular weight excluding hydrogens is 387 g/mol. The lowest BCUT2D eigenvalue weighted by atomic mass is 10.1. The van der Waals surface area contributed by atoms with Crippen LogP contribution in [0.2, 0.25) is 10.0 Å². The lowest BCUT2D eigenvalue weighted by Crippen LogP contribution is -2.43. The van der Waals surface area contributed by atoms with Crippen molar-refractivity contribution < 1.29 is 4.79 Å². The molecule has 0 unspecified atom stereocenters. The Morgan fingerprint density at radius 1 is 1.17 bits per heavy atom. The third kappa shape index (κ3) is 4.44. The molecule has 0 atom stereocenters. The third-order valence-corrected chi connectivity index (χ3v) is 5.70. The molecule has 0 bridgehead atoms. The van der Waals surface area contributed by atoms with E-state index < -0.39 is 0 Å². The molecule has 0 spiro atoms. The van der Waals surface area contributed by atoms with Crippen molar-refractivity contribution in [3.05, 3.63) is 45.3 Å². The van der Waals surface area contributed by atoms with Crippen LogP contribution in [0.4, 0.5) is 0 Å². The Bertz CT molecular complexity index is 693. The van der Waals surface area contributed by atoms with Gasteiger partial charge >= 0.3 is 0 Å². The Morgan fingerprint density at radius 2 is 1.79 bits per heavy atom. The number of piperidine rings is 1. The first-order valence-electron chi connectivity index (χ1n) is 7.59. The van der Waals surface area contributed by atoms with E-state index in [1.165, 1.54) is 11.3 Å². The molecule has 0 radical (unpaired) electrons. The maximum Gasteiger partial charge on any atom is 0.263 e. The molecule has 7 heteroatoms. The van der Waals surface area contributed by atoms with Gasteiger partial charge in [-0.05, 0) is 61.8 Å². The molecule has 1 fully saturated rings. The fourth-order valence-electron chi connectivity index (χ4n) is 2.84. The van der Waals surface area contributed by atoms with Crippen LogP contribution in [0.5, 0.6) is 0 Å². The number of carbonyl (C=O) groups is 1. The van der Waals surface area contributed by atoms with Crippen molar-refractivity contribution in [1.29, 1.82) is 0 Å². The molecule has 1 aromatic heterocycles. The zero-order valence-electron chi connectivity index (χ0n) is 13.2. The van der Waals surface area contributed by atoms with Crippen LogP contribution < -0.4 is 5.32 Å². The Hall–Kier alpha value is -0.780. The summed E-state index contributed by atoms with van der Waals surface area (Å²) in [5.41, 5.74) is 0.941. The van der Waals surface area contributed by atoms with E-state index in [0.717, 1.165) is 41.2 Å². The van der Waals surface area contributed by atoms with E-state index in [2.05, 4.69) is 5.32 Å². The Labute approximate surface area is 162 Å². The molecule has 2 heterocycles. The first-order chi connectivity index (χ1) is 11.0. The summed E-state index contributed by atoms with van der Waals surface area (Å²) in [6.45, 7) is 1.94. The fraction of sp³-hybridized carbons (Fsp3) is 0.353. The number of hydrogen-bond donors (Lipinski definition) is 1. The van der Waals surface area contributed by atoms with Crippen LogP contribution in [-0.4, -0.2) is 37.0 Å². The molecule has 1 aliphatic heterocycles. The molecule has 130 valence electrons. The van der Waals surface area contributed by atoms with E-state index in [1.54, 1.807) is 6.07 Å². The van der Waals surface area contributed by atoms with Gasteiger partial charge in [0.25, 0.3) is 5.91 Å². The van der Waals surface area contributed by atoms with E-state index in [0.29, 0.717) is 16.1 Å². The summed E-state index contributed by atoms with van der Waals surface area (Å²) in [5.74, 6) is 0.0845. The minimum Gasteiger partial charge on any atom is -0.338 e. The van der Waals surface area contributed by atoms with E-state index >= 15 is 0 Å². The summed E-state index contributed by atoms with van der Waals surface area (Å²) in [5, 5.41) is 4.52. The largest absolute Gasteiger partial charge is 0.338 e. The van der Waals surface area contributed by atoms with Crippen molar-refractivity contribution >= 4 is 52.9 Å². The van der Waals surface area contributed by atoms with Crippen LogP contribution >= 0.6 is 46.9 Å². The van der Waals surface area contributed by atoms with Crippen LogP contribution in [0.15, 0.2) is 30.3 Å². The van der Waals surface area contributed by atoms with Crippen molar-refractivity contribution in [2.24, 2.45) is 0 Å². The van der Waals surface area contributed by atoms with Crippen LogP contribution in [0, 0.1) is 0 Å². The maximum absolute atomic E-state index is 12.7. The lowest BCUT2D eigenvalue weighted by Gasteiger charge is -2.31. The summed E-state index contributed by atoms with van der Waals surface area (Å²) in [6, 6.07) is 9.59. The molecule has 1 N–H and O–H groups in total. The molecule has 3 nitrogen and oxygen atoms in total. The van der Waals surface area contributed by atoms with Gasteiger partial charge in [0.2, 0.25) is 0 Å². The van der Waals surface area contributed by atoms with E-state index in [-0.39, 0.29) is 18.3 Å². The third-order valence-electron chi connectivity index (χ3n) is 4.14. The molecular formula is C17H19Cl3N2OS. The quantitative estimate of drug-likeness (QED) is 0.782. The van der Waals surface area contributed by atoms with Gasteiger partial charge in [-0.1, -0.05) is 23.2 Å². The minimum absolute atomic E-state index is 0. The maximum atomic E-state index is 12.7. The molecule has 1 amide bonds. The van der Waals surface area contributed by atoms with Gasteiger partial charge in [-0.25, -0.2) is 0 Å². The number of rotatable bonds is 3. The van der Waals surface area contributed by atoms with Crippen LogP contribution in [0.25, 0.3) is 10.4 Å². The van der Waals surface area contributed by atoms with Gasteiger partial charge in [0.15, 0.2) is 0 Å². The van der Waals surface area contributed by atoms with Gasteiger partial charge in [-0.15, -0.1) is 23.7 Å². The summed E-state index contributed by atoms with van der Waals surface area (Å²) in [7, 11) is 1.90. The molecule has 3 rings (SSSR count). The van der Waals surface area contributed by atoms with Gasteiger partial charge in [0.05, 0.1) is 4.88 Å².